The van der Waals surface area contributed by atoms with E-state index in [2.05, 4.69) is 30.3 Å². The Morgan fingerprint density at radius 1 is 1.46 bits per heavy atom. The normalized spacial score (nSPS) is 12.5. The summed E-state index contributed by atoms with van der Waals surface area (Å²) < 4.78 is 0. The highest BCUT2D eigenvalue weighted by molar-refractivity contribution is 5.96. The van der Waals surface area contributed by atoms with Crippen LogP contribution in [0.5, 0.6) is 0 Å². The molecule has 8 heteroatoms. The molecule has 0 amide bonds. The number of aromatic nitrogens is 2. The number of fused-ring (bicyclic) bond motifs is 1. The van der Waals surface area contributed by atoms with Gasteiger partial charge in [-0.1, -0.05) is 0 Å². The summed E-state index contributed by atoms with van der Waals surface area (Å²) in [4.78, 5) is 13.9. The highest BCUT2D eigenvalue weighted by Crippen LogP contribution is 2.32. The van der Waals surface area contributed by atoms with Crippen LogP contribution in [0, 0.1) is 0 Å². The van der Waals surface area contributed by atoms with Gasteiger partial charge in [0.1, 0.15) is 6.33 Å². The number of hydrogen-bond donors (Lipinski definition) is 1. The Kier molecular flexibility index (Phi) is 1.47. The van der Waals surface area contributed by atoms with Crippen LogP contribution in [0.3, 0.4) is 0 Å². The fourth-order valence-corrected chi connectivity index (χ4v) is 0.876. The lowest BCUT2D eigenvalue weighted by atomic mass is 10.4. The van der Waals surface area contributed by atoms with Gasteiger partial charge in [-0.25, -0.2) is 20.3 Å². The van der Waals surface area contributed by atoms with Crippen LogP contribution in [0.4, 0.5) is 17.3 Å². The van der Waals surface area contributed by atoms with Crippen LogP contribution in [0.25, 0.3) is 10.4 Å². The van der Waals surface area contributed by atoms with E-state index < -0.39 is 0 Å². The molecule has 0 spiro atoms. The minimum Gasteiger partial charge on any atom is -0.382 e. The number of aliphatic imine (C=N–C) groups is 1. The summed E-state index contributed by atoms with van der Waals surface area (Å²) in [6.45, 7) is 0. The lowest BCUT2D eigenvalue weighted by Crippen LogP contribution is -2.02. The number of anilines is 1. The average molecular weight is 175 g/mol. The summed E-state index contributed by atoms with van der Waals surface area (Å²) in [5.41, 5.74) is 14.0. The van der Waals surface area contributed by atoms with E-state index in [1.54, 1.807) is 0 Å². The lowest BCUT2D eigenvalue weighted by Gasteiger charge is -1.94. The zero-order chi connectivity index (χ0) is 9.26. The SMILES string of the molecule is [N-]=[N+]=NC1=Nc2c(N)ncnc2[N]1. The molecule has 1 aliphatic rings. The Bertz CT molecular complexity index is 428. The van der Waals surface area contributed by atoms with Crippen molar-refractivity contribution in [1.29, 1.82) is 0 Å². The smallest absolute Gasteiger partial charge is 0.219 e. The van der Waals surface area contributed by atoms with Crippen LogP contribution in [0.15, 0.2) is 16.4 Å². The van der Waals surface area contributed by atoms with Gasteiger partial charge >= 0.3 is 0 Å². The minimum atomic E-state index is 0.00435. The molecule has 1 aliphatic heterocycles. The molecule has 0 bridgehead atoms. The van der Waals surface area contributed by atoms with Crippen molar-refractivity contribution in [2.45, 2.75) is 0 Å². The van der Waals surface area contributed by atoms with Crippen LogP contribution >= 0.6 is 0 Å². The van der Waals surface area contributed by atoms with Crippen molar-refractivity contribution < 1.29 is 0 Å². The van der Waals surface area contributed by atoms with Crippen molar-refractivity contribution in [2.75, 3.05) is 5.73 Å². The third-order valence-corrected chi connectivity index (χ3v) is 1.38. The van der Waals surface area contributed by atoms with E-state index >= 15 is 0 Å². The Morgan fingerprint density at radius 2 is 2.31 bits per heavy atom. The van der Waals surface area contributed by atoms with E-state index in [0.29, 0.717) is 11.5 Å². The summed E-state index contributed by atoms with van der Waals surface area (Å²) >= 11 is 0. The first-order valence-electron chi connectivity index (χ1n) is 3.27. The van der Waals surface area contributed by atoms with Gasteiger partial charge in [0.2, 0.25) is 5.96 Å². The van der Waals surface area contributed by atoms with Crippen LogP contribution < -0.4 is 11.1 Å². The molecule has 0 fully saturated rings. The Hall–Kier alpha value is -2.34. The van der Waals surface area contributed by atoms with Crippen molar-refractivity contribution in [1.82, 2.24) is 15.3 Å². The summed E-state index contributed by atoms with van der Waals surface area (Å²) in [5.74, 6) is 0.552. The summed E-state index contributed by atoms with van der Waals surface area (Å²) in [5, 5.41) is 7.02. The largest absolute Gasteiger partial charge is 0.382 e. The van der Waals surface area contributed by atoms with Gasteiger partial charge in [0.15, 0.2) is 17.3 Å². The minimum absolute atomic E-state index is 0.00435. The number of rotatable bonds is 0. The molecule has 2 rings (SSSR count). The maximum Gasteiger partial charge on any atom is 0.219 e. The zero-order valence-corrected chi connectivity index (χ0v) is 6.29. The predicted molar refractivity (Wildman–Crippen MR) is 44.5 cm³/mol. The van der Waals surface area contributed by atoms with Crippen molar-refractivity contribution >= 4 is 23.3 Å². The predicted octanol–water partition coefficient (Wildman–Crippen LogP) is 0.606. The molecule has 0 aromatic carbocycles. The summed E-state index contributed by atoms with van der Waals surface area (Å²) in [7, 11) is 0. The molecular weight excluding hydrogens is 172 g/mol. The first-order chi connectivity index (χ1) is 6.31. The van der Waals surface area contributed by atoms with Crippen LogP contribution in [-0.2, 0) is 0 Å². The van der Waals surface area contributed by atoms with Crippen molar-refractivity contribution in [2.24, 2.45) is 10.1 Å². The second kappa shape index (κ2) is 2.61. The molecule has 2 heterocycles. The molecule has 63 valence electrons. The zero-order valence-electron chi connectivity index (χ0n) is 6.29. The Morgan fingerprint density at radius 3 is 3.00 bits per heavy atom. The van der Waals surface area contributed by atoms with Gasteiger partial charge in [0, 0.05) is 4.91 Å². The van der Waals surface area contributed by atoms with Gasteiger partial charge in [0.05, 0.1) is 0 Å². The number of azide groups is 1. The van der Waals surface area contributed by atoms with E-state index in [4.69, 9.17) is 11.3 Å². The van der Waals surface area contributed by atoms with Crippen molar-refractivity contribution in [3.8, 4) is 0 Å². The fraction of sp³-hybridized carbons (Fsp3) is 0. The Balaban J connectivity index is 2.49. The molecule has 1 aromatic rings. The third kappa shape index (κ3) is 1.10. The first-order valence-corrected chi connectivity index (χ1v) is 3.27. The van der Waals surface area contributed by atoms with Crippen molar-refractivity contribution in [3.05, 3.63) is 16.8 Å². The van der Waals surface area contributed by atoms with Crippen molar-refractivity contribution in [3.63, 3.8) is 0 Å². The molecule has 0 atom stereocenters. The number of nitrogen functional groups attached to an aromatic ring is 1. The fourth-order valence-electron chi connectivity index (χ4n) is 0.876. The quantitative estimate of drug-likeness (QED) is 0.352. The molecule has 13 heavy (non-hydrogen) atoms. The second-order valence-electron chi connectivity index (χ2n) is 2.14. The van der Waals surface area contributed by atoms with Crippen LogP contribution in [0.1, 0.15) is 0 Å². The van der Waals surface area contributed by atoms with Gasteiger partial charge in [0.25, 0.3) is 0 Å². The van der Waals surface area contributed by atoms with E-state index in [1.807, 2.05) is 0 Å². The van der Waals surface area contributed by atoms with E-state index in [-0.39, 0.29) is 11.8 Å². The molecule has 2 N–H and O–H groups in total. The molecule has 1 radical (unpaired) electrons. The van der Waals surface area contributed by atoms with E-state index in [0.717, 1.165) is 0 Å². The Labute approximate surface area is 72.1 Å². The van der Waals surface area contributed by atoms with Gasteiger partial charge in [-0.15, -0.1) is 0 Å². The molecule has 8 nitrogen and oxygen atoms in total. The molecular formula is C5H3N8. The standard InChI is InChI=1S/C5H3N8/c6-3-2-4(9-1-8-3)11-5(10-2)12-13-7/h1H,(H2,6,8,9). The average Bonchev–Trinajstić information content (AvgIpc) is 2.49. The monoisotopic (exact) mass is 175 g/mol. The van der Waals surface area contributed by atoms with Gasteiger partial charge in [-0.3, -0.25) is 0 Å². The van der Waals surface area contributed by atoms with Crippen LogP contribution in [-0.4, -0.2) is 15.9 Å². The van der Waals surface area contributed by atoms with Gasteiger partial charge < -0.3 is 5.73 Å². The molecule has 0 saturated heterocycles. The van der Waals surface area contributed by atoms with E-state index in [1.165, 1.54) is 6.33 Å². The molecule has 0 saturated carbocycles. The lowest BCUT2D eigenvalue weighted by molar-refractivity contribution is 1.11. The number of nitrogens with zero attached hydrogens (tertiary/aromatic N) is 7. The number of guanidine groups is 1. The summed E-state index contributed by atoms with van der Waals surface area (Å²) in [6, 6.07) is 0. The van der Waals surface area contributed by atoms with Gasteiger partial charge in [-0.2, -0.15) is 0 Å². The maximum atomic E-state index is 8.13. The third-order valence-electron chi connectivity index (χ3n) is 1.38. The summed E-state index contributed by atoms with van der Waals surface area (Å²) in [6.07, 6.45) is 1.27. The first kappa shape index (κ1) is 7.32. The molecule has 0 aliphatic carbocycles. The highest BCUT2D eigenvalue weighted by Gasteiger charge is 2.18. The molecule has 1 aromatic heterocycles. The maximum absolute atomic E-state index is 8.13. The molecule has 0 unspecified atom stereocenters. The second-order valence-corrected chi connectivity index (χ2v) is 2.14. The van der Waals surface area contributed by atoms with Gasteiger partial charge in [-0.05, 0) is 10.6 Å². The topological polar surface area (TPSA) is 127 Å². The van der Waals surface area contributed by atoms with Crippen LogP contribution in [0.2, 0.25) is 0 Å². The van der Waals surface area contributed by atoms with E-state index in [9.17, 15) is 0 Å². The highest BCUT2D eigenvalue weighted by atomic mass is 15.3. The number of nitrogens with two attached hydrogens (primary N) is 1. The number of hydrogen-bond acceptors (Lipinski definition) is 5.